The first-order chi connectivity index (χ1) is 40.7. The predicted octanol–water partition coefficient (Wildman–Crippen LogP) is 24.7. The van der Waals surface area contributed by atoms with Crippen molar-refractivity contribution in [3.63, 3.8) is 0 Å². The zero-order valence-electron chi connectivity index (χ0n) is 53.1. The number of hydrogen-bond acceptors (Lipinski definition) is 3. The fourth-order valence-corrected chi connectivity index (χ4v) is 13.3. The maximum Gasteiger partial charge on any atom is 0.160 e. The summed E-state index contributed by atoms with van der Waals surface area (Å²) < 4.78 is 6.96. The summed E-state index contributed by atoms with van der Waals surface area (Å²) >= 11 is 0. The molecule has 442 valence electrons. The van der Waals surface area contributed by atoms with E-state index in [9.17, 15) is 0 Å². The molecule has 0 bridgehead atoms. The van der Waals surface area contributed by atoms with Crippen LogP contribution in [-0.4, -0.2) is 16.6 Å². The first-order valence-electron chi connectivity index (χ1n) is 33.9. The van der Waals surface area contributed by atoms with Crippen molar-refractivity contribution in [2.75, 3.05) is 6.61 Å². The molecule has 0 amide bonds. The number of fused-ring (bicyclic) bond motifs is 3. The summed E-state index contributed by atoms with van der Waals surface area (Å²) in [6.45, 7) is 16.7. The minimum Gasteiger partial charge on any atom is -0.493 e. The maximum atomic E-state index is 6.96. The quantitative estimate of drug-likeness (QED) is 0.0362. The van der Waals surface area contributed by atoms with Gasteiger partial charge in [0, 0.05) is 27.7 Å². The molecule has 0 radical (unpaired) electrons. The largest absolute Gasteiger partial charge is 0.493 e. The fourth-order valence-electron chi connectivity index (χ4n) is 13.3. The number of unbranched alkanes of at least 4 members (excludes halogenated alkanes) is 24. The van der Waals surface area contributed by atoms with E-state index in [0.717, 1.165) is 63.6 Å². The molecule has 0 saturated heterocycles. The van der Waals surface area contributed by atoms with E-state index in [0.29, 0.717) is 6.61 Å². The normalized spacial score (nSPS) is 12.5. The summed E-state index contributed by atoms with van der Waals surface area (Å²) in [4.78, 5) is 10.5. The molecule has 83 heavy (non-hydrogen) atoms. The number of nitrogens with zero attached hydrogens (tertiary/aromatic N) is 2. The van der Waals surface area contributed by atoms with Crippen molar-refractivity contribution in [1.29, 1.82) is 0 Å². The van der Waals surface area contributed by atoms with Crippen LogP contribution in [0.4, 0.5) is 0 Å². The molecule has 6 aromatic carbocycles. The first kappa shape index (κ1) is 63.2. The highest BCUT2D eigenvalue weighted by atomic mass is 16.5. The minimum absolute atomic E-state index is 0.0186. The Hall–Kier alpha value is -5.80. The van der Waals surface area contributed by atoms with E-state index in [2.05, 4.69) is 176 Å². The van der Waals surface area contributed by atoms with Crippen molar-refractivity contribution in [3.8, 4) is 73.0 Å². The number of aromatic nitrogens is 2. The summed E-state index contributed by atoms with van der Waals surface area (Å²) in [6, 6.07) is 48.6. The monoisotopic (exact) mass is 1110 g/mol. The molecular formula is C80H106N2O. The first-order valence-corrected chi connectivity index (χ1v) is 33.9. The van der Waals surface area contributed by atoms with Crippen LogP contribution in [0.5, 0.6) is 5.75 Å². The smallest absolute Gasteiger partial charge is 0.160 e. The third-order valence-corrected chi connectivity index (χ3v) is 18.4. The predicted molar refractivity (Wildman–Crippen MR) is 360 cm³/mol. The second-order valence-corrected chi connectivity index (χ2v) is 25.2. The highest BCUT2D eigenvalue weighted by Crippen LogP contribution is 2.56. The van der Waals surface area contributed by atoms with Crippen LogP contribution in [0.2, 0.25) is 0 Å². The zero-order chi connectivity index (χ0) is 58.1. The molecule has 0 fully saturated rings. The average molecular weight is 1110 g/mol. The Kier molecular flexibility index (Phi) is 25.6. The van der Waals surface area contributed by atoms with E-state index < -0.39 is 0 Å². The van der Waals surface area contributed by atoms with Crippen molar-refractivity contribution in [2.45, 2.75) is 253 Å². The molecule has 0 saturated carbocycles. The van der Waals surface area contributed by atoms with Crippen LogP contribution in [0, 0.1) is 20.8 Å². The third-order valence-electron chi connectivity index (χ3n) is 18.4. The van der Waals surface area contributed by atoms with Crippen molar-refractivity contribution in [2.24, 2.45) is 0 Å². The van der Waals surface area contributed by atoms with Gasteiger partial charge in [-0.2, -0.15) is 0 Å². The molecule has 1 aromatic heterocycles. The molecule has 0 aliphatic heterocycles. The summed E-state index contributed by atoms with van der Waals surface area (Å²) in [7, 11) is 0. The Morgan fingerprint density at radius 2 is 0.771 bits per heavy atom. The minimum atomic E-state index is 0.0186. The van der Waals surface area contributed by atoms with Gasteiger partial charge < -0.3 is 4.74 Å². The summed E-state index contributed by atoms with van der Waals surface area (Å²) in [5.41, 5.74) is 21.3. The number of hydrogen-bond donors (Lipinski definition) is 0. The van der Waals surface area contributed by atoms with Gasteiger partial charge >= 0.3 is 0 Å². The van der Waals surface area contributed by atoms with E-state index in [-0.39, 0.29) is 5.41 Å². The molecule has 3 nitrogen and oxygen atoms in total. The Labute approximate surface area is 505 Å². The van der Waals surface area contributed by atoms with Crippen LogP contribution in [0.25, 0.3) is 67.3 Å². The molecule has 0 spiro atoms. The third kappa shape index (κ3) is 17.9. The molecule has 7 aromatic rings. The SMILES string of the molecule is CCCCCCCCCCCCC1(CCCCCCCCCCCC)c2cc(C)ccc2-c2ccc(-c3cc(OCCCCCC)c(-c4ccc(-c5cc(-c6ccc(C)cc6)nc(-c6ccc(CCCCCC)cc6)n5)cc4)cc3C)cc21. The molecular weight excluding hydrogens is 1000 g/mol. The Morgan fingerprint density at radius 1 is 0.337 bits per heavy atom. The number of ether oxygens (including phenoxy) is 1. The highest BCUT2D eigenvalue weighted by Gasteiger charge is 2.42. The second kappa shape index (κ2) is 33.6. The van der Waals surface area contributed by atoms with Gasteiger partial charge in [0.25, 0.3) is 0 Å². The molecule has 1 aliphatic rings. The Bertz CT molecular complexity index is 2990. The molecule has 1 aliphatic carbocycles. The highest BCUT2D eigenvalue weighted by molar-refractivity contribution is 5.86. The van der Waals surface area contributed by atoms with E-state index in [1.54, 1.807) is 11.1 Å². The Balaban J connectivity index is 1.10. The van der Waals surface area contributed by atoms with Crippen molar-refractivity contribution >= 4 is 0 Å². The molecule has 0 unspecified atom stereocenters. The van der Waals surface area contributed by atoms with Gasteiger partial charge in [-0.3, -0.25) is 0 Å². The van der Waals surface area contributed by atoms with E-state index in [1.807, 2.05) is 0 Å². The lowest BCUT2D eigenvalue weighted by Gasteiger charge is -2.33. The average Bonchev–Trinajstić information content (AvgIpc) is 1.73. The van der Waals surface area contributed by atoms with Gasteiger partial charge in [-0.25, -0.2) is 9.97 Å². The molecule has 0 atom stereocenters. The molecule has 8 rings (SSSR count). The topological polar surface area (TPSA) is 35.0 Å². The maximum absolute atomic E-state index is 6.96. The zero-order valence-corrected chi connectivity index (χ0v) is 53.1. The lowest BCUT2D eigenvalue weighted by Crippen LogP contribution is -2.25. The fraction of sp³-hybridized carbons (Fsp3) is 0.500. The number of benzene rings is 6. The van der Waals surface area contributed by atoms with E-state index in [4.69, 9.17) is 14.7 Å². The van der Waals surface area contributed by atoms with Gasteiger partial charge in [0.05, 0.1) is 18.0 Å². The second-order valence-electron chi connectivity index (χ2n) is 25.2. The van der Waals surface area contributed by atoms with Gasteiger partial charge in [0.1, 0.15) is 5.75 Å². The van der Waals surface area contributed by atoms with Gasteiger partial charge in [0.2, 0.25) is 0 Å². The van der Waals surface area contributed by atoms with Crippen molar-refractivity contribution in [1.82, 2.24) is 9.97 Å². The van der Waals surface area contributed by atoms with Crippen LogP contribution in [0.1, 0.15) is 254 Å². The van der Waals surface area contributed by atoms with Crippen molar-refractivity contribution in [3.05, 3.63) is 161 Å². The van der Waals surface area contributed by atoms with Crippen LogP contribution < -0.4 is 4.74 Å². The number of rotatable bonds is 38. The van der Waals surface area contributed by atoms with E-state index >= 15 is 0 Å². The standard InChI is InChI=1S/C80H106N2O/c1-8-12-16-20-22-24-26-28-30-33-53-80(54-34-31-29-27-25-23-21-17-13-9-2)74-56-62(6)39-51-70(74)71-52-50-69(58-75(71)80)72-59-78(83-55-35-19-15-11-4)73(57-63(72)7)65-46-48-67(49-47-65)77-60-76(66-42-37-61(5)38-43-66)81-79(82-77)68-44-40-64(41-45-68)36-32-18-14-10-3/h37-52,56-60H,8-36,53-55H2,1-7H3. The molecule has 1 heterocycles. The van der Waals surface area contributed by atoms with Crippen LogP contribution >= 0.6 is 0 Å². The van der Waals surface area contributed by atoms with Gasteiger partial charge in [-0.05, 0) is 127 Å². The van der Waals surface area contributed by atoms with Gasteiger partial charge in [-0.15, -0.1) is 0 Å². The van der Waals surface area contributed by atoms with Gasteiger partial charge in [0.15, 0.2) is 5.82 Å². The van der Waals surface area contributed by atoms with Crippen molar-refractivity contribution < 1.29 is 4.74 Å². The number of aryl methyl sites for hydroxylation is 4. The molecule has 0 N–H and O–H groups in total. The summed E-state index contributed by atoms with van der Waals surface area (Å²) in [5.74, 6) is 1.72. The van der Waals surface area contributed by atoms with Crippen LogP contribution in [0.15, 0.2) is 127 Å². The Morgan fingerprint density at radius 3 is 1.33 bits per heavy atom. The summed E-state index contributed by atoms with van der Waals surface area (Å²) in [6.07, 6.45) is 40.6. The van der Waals surface area contributed by atoms with E-state index in [1.165, 1.54) is 231 Å². The molecule has 3 heteroatoms. The summed E-state index contributed by atoms with van der Waals surface area (Å²) in [5, 5.41) is 0. The lowest BCUT2D eigenvalue weighted by molar-refractivity contribution is 0.306. The van der Waals surface area contributed by atoms with Gasteiger partial charge in [-0.1, -0.05) is 309 Å². The van der Waals surface area contributed by atoms with Crippen LogP contribution in [0.3, 0.4) is 0 Å². The lowest BCUT2D eigenvalue weighted by atomic mass is 9.70. The van der Waals surface area contributed by atoms with Crippen LogP contribution in [-0.2, 0) is 11.8 Å².